The molecule has 2 saturated heterocycles. The van der Waals surface area contributed by atoms with Gasteiger partial charge in [-0.2, -0.15) is 0 Å². The highest BCUT2D eigenvalue weighted by Crippen LogP contribution is 2.36. The van der Waals surface area contributed by atoms with Crippen LogP contribution in [-0.4, -0.2) is 24.1 Å². The lowest BCUT2D eigenvalue weighted by molar-refractivity contribution is -0.156. The van der Waals surface area contributed by atoms with Crippen LogP contribution in [0.2, 0.25) is 0 Å². The fraction of sp³-hybridized carbons (Fsp3) is 0.857. The van der Waals surface area contributed by atoms with Gasteiger partial charge in [0.1, 0.15) is 12.2 Å². The quantitative estimate of drug-likeness (QED) is 0.724. The van der Waals surface area contributed by atoms with Gasteiger partial charge < -0.3 is 9.47 Å². The van der Waals surface area contributed by atoms with Gasteiger partial charge in [-0.15, -0.1) is 0 Å². The molecule has 2 aliphatic rings. The molecule has 0 saturated carbocycles. The molecule has 0 aromatic rings. The van der Waals surface area contributed by atoms with E-state index >= 15 is 0 Å². The third-order valence-corrected chi connectivity index (χ3v) is 4.14. The first-order chi connectivity index (χ1) is 8.40. The highest BCUT2D eigenvalue weighted by Gasteiger charge is 2.47. The van der Waals surface area contributed by atoms with E-state index in [0.29, 0.717) is 12.8 Å². The number of esters is 2. The van der Waals surface area contributed by atoms with Crippen molar-refractivity contribution in [2.45, 2.75) is 52.7 Å². The van der Waals surface area contributed by atoms with Crippen molar-refractivity contribution in [2.24, 2.45) is 23.7 Å². The second-order valence-electron chi connectivity index (χ2n) is 6.12. The number of carbonyl (C=O) groups is 2. The van der Waals surface area contributed by atoms with E-state index in [2.05, 4.69) is 0 Å². The zero-order chi connectivity index (χ0) is 13.4. The van der Waals surface area contributed by atoms with E-state index in [1.54, 1.807) is 0 Å². The van der Waals surface area contributed by atoms with Crippen molar-refractivity contribution >= 4 is 11.9 Å². The monoisotopic (exact) mass is 254 g/mol. The molecule has 2 heterocycles. The van der Waals surface area contributed by atoms with Crippen molar-refractivity contribution in [2.75, 3.05) is 0 Å². The molecule has 4 atom stereocenters. The van der Waals surface area contributed by atoms with E-state index < -0.39 is 0 Å². The Kier molecular flexibility index (Phi) is 3.64. The lowest BCUT2D eigenvalue weighted by Gasteiger charge is -2.16. The lowest BCUT2D eigenvalue weighted by Crippen LogP contribution is -2.25. The van der Waals surface area contributed by atoms with E-state index in [4.69, 9.17) is 9.47 Å². The summed E-state index contributed by atoms with van der Waals surface area (Å²) in [5, 5.41) is 0. The number of cyclic esters (lactones) is 2. The second-order valence-corrected chi connectivity index (χ2v) is 6.12. The Bertz CT molecular complexity index is 314. The molecule has 0 N–H and O–H groups in total. The summed E-state index contributed by atoms with van der Waals surface area (Å²) in [4.78, 5) is 23.4. The summed E-state index contributed by atoms with van der Waals surface area (Å²) in [6, 6.07) is 0. The molecule has 102 valence electrons. The zero-order valence-electron chi connectivity index (χ0n) is 11.5. The summed E-state index contributed by atoms with van der Waals surface area (Å²) in [6.45, 7) is 8.08. The van der Waals surface area contributed by atoms with Gasteiger partial charge in [0, 0.05) is 12.8 Å². The van der Waals surface area contributed by atoms with Gasteiger partial charge in [-0.1, -0.05) is 27.7 Å². The maximum absolute atomic E-state index is 11.7. The Morgan fingerprint density at radius 1 is 0.833 bits per heavy atom. The average Bonchev–Trinajstić information content (AvgIpc) is 2.81. The van der Waals surface area contributed by atoms with Gasteiger partial charge in [0.2, 0.25) is 0 Å². The smallest absolute Gasteiger partial charge is 0.309 e. The molecule has 0 aromatic carbocycles. The first kappa shape index (κ1) is 13.4. The standard InChI is InChI=1S/C14H22O4/c1-7(2)9-5-11(17-13(9)15)12-6-10(8(3)4)14(16)18-12/h7-12H,5-6H2,1-4H3/t9-,10-,11+,12+/m0/s1. The largest absolute Gasteiger partial charge is 0.458 e. The number of ether oxygens (including phenoxy) is 2. The first-order valence-electron chi connectivity index (χ1n) is 6.81. The van der Waals surface area contributed by atoms with Gasteiger partial charge in [0.25, 0.3) is 0 Å². The van der Waals surface area contributed by atoms with Gasteiger partial charge in [-0.25, -0.2) is 0 Å². The molecule has 0 aromatic heterocycles. The average molecular weight is 254 g/mol. The molecule has 18 heavy (non-hydrogen) atoms. The van der Waals surface area contributed by atoms with Crippen LogP contribution >= 0.6 is 0 Å². The predicted molar refractivity (Wildman–Crippen MR) is 65.7 cm³/mol. The number of rotatable bonds is 3. The highest BCUT2D eigenvalue weighted by atomic mass is 16.6. The van der Waals surface area contributed by atoms with Crippen LogP contribution in [0, 0.1) is 23.7 Å². The van der Waals surface area contributed by atoms with E-state index in [0.717, 1.165) is 0 Å². The number of hydrogen-bond acceptors (Lipinski definition) is 4. The molecule has 0 amide bonds. The Labute approximate surface area is 108 Å². The molecule has 0 bridgehead atoms. The molecular formula is C14H22O4. The third kappa shape index (κ3) is 2.38. The van der Waals surface area contributed by atoms with Crippen LogP contribution in [0.5, 0.6) is 0 Å². The molecule has 4 heteroatoms. The molecule has 0 spiro atoms. The predicted octanol–water partition coefficient (Wildman–Crippen LogP) is 2.16. The normalized spacial score (nSPS) is 36.3. The van der Waals surface area contributed by atoms with E-state index in [-0.39, 0.29) is 47.8 Å². The van der Waals surface area contributed by atoms with Crippen molar-refractivity contribution in [3.63, 3.8) is 0 Å². The molecule has 2 aliphatic heterocycles. The third-order valence-electron chi connectivity index (χ3n) is 4.14. The fourth-order valence-corrected chi connectivity index (χ4v) is 2.81. The maximum atomic E-state index is 11.7. The molecule has 0 aliphatic carbocycles. The Hall–Kier alpha value is -1.06. The van der Waals surface area contributed by atoms with Crippen molar-refractivity contribution in [3.05, 3.63) is 0 Å². The summed E-state index contributed by atoms with van der Waals surface area (Å²) in [6.07, 6.45) is 0.883. The fourth-order valence-electron chi connectivity index (χ4n) is 2.81. The number of carbonyl (C=O) groups excluding carboxylic acids is 2. The van der Waals surface area contributed by atoms with Crippen LogP contribution in [-0.2, 0) is 19.1 Å². The minimum absolute atomic E-state index is 0.0493. The summed E-state index contributed by atoms with van der Waals surface area (Å²) in [5.41, 5.74) is 0. The highest BCUT2D eigenvalue weighted by molar-refractivity contribution is 5.77. The molecule has 2 fully saturated rings. The molecule has 0 radical (unpaired) electrons. The van der Waals surface area contributed by atoms with E-state index in [1.165, 1.54) is 0 Å². The van der Waals surface area contributed by atoms with Crippen molar-refractivity contribution in [3.8, 4) is 0 Å². The van der Waals surface area contributed by atoms with Crippen molar-refractivity contribution in [1.82, 2.24) is 0 Å². The summed E-state index contributed by atoms with van der Waals surface area (Å²) in [5.74, 6) is 0.178. The van der Waals surface area contributed by atoms with Crippen molar-refractivity contribution in [1.29, 1.82) is 0 Å². The van der Waals surface area contributed by atoms with Gasteiger partial charge in [-0.05, 0) is 11.8 Å². The summed E-state index contributed by atoms with van der Waals surface area (Å²) < 4.78 is 10.8. The van der Waals surface area contributed by atoms with Crippen LogP contribution in [0.1, 0.15) is 40.5 Å². The van der Waals surface area contributed by atoms with Crippen molar-refractivity contribution < 1.29 is 19.1 Å². The Morgan fingerprint density at radius 2 is 1.17 bits per heavy atom. The maximum Gasteiger partial charge on any atom is 0.309 e. The first-order valence-corrected chi connectivity index (χ1v) is 6.81. The summed E-state index contributed by atoms with van der Waals surface area (Å²) >= 11 is 0. The van der Waals surface area contributed by atoms with Gasteiger partial charge in [0.15, 0.2) is 0 Å². The molecule has 4 nitrogen and oxygen atoms in total. The Balaban J connectivity index is 1.99. The lowest BCUT2D eigenvalue weighted by atomic mass is 9.88. The summed E-state index contributed by atoms with van der Waals surface area (Å²) in [7, 11) is 0. The minimum atomic E-state index is -0.238. The molecule has 0 unspecified atom stereocenters. The van der Waals surface area contributed by atoms with Gasteiger partial charge in [-0.3, -0.25) is 9.59 Å². The molecule has 2 rings (SSSR count). The topological polar surface area (TPSA) is 52.6 Å². The van der Waals surface area contributed by atoms with Crippen LogP contribution in [0.25, 0.3) is 0 Å². The van der Waals surface area contributed by atoms with Crippen LogP contribution in [0.4, 0.5) is 0 Å². The van der Waals surface area contributed by atoms with E-state index in [1.807, 2.05) is 27.7 Å². The van der Waals surface area contributed by atoms with Crippen LogP contribution < -0.4 is 0 Å². The minimum Gasteiger partial charge on any atom is -0.458 e. The number of hydrogen-bond donors (Lipinski definition) is 0. The second kappa shape index (κ2) is 4.90. The molecular weight excluding hydrogens is 232 g/mol. The zero-order valence-corrected chi connectivity index (χ0v) is 11.5. The van der Waals surface area contributed by atoms with Gasteiger partial charge in [0.05, 0.1) is 11.8 Å². The van der Waals surface area contributed by atoms with Crippen LogP contribution in [0.3, 0.4) is 0 Å². The van der Waals surface area contributed by atoms with E-state index in [9.17, 15) is 9.59 Å². The van der Waals surface area contributed by atoms with Crippen LogP contribution in [0.15, 0.2) is 0 Å². The SMILES string of the molecule is CC(C)[C@@H]1C[C@H]([C@H]2C[C@@H](C(C)C)C(=O)O2)OC1=O. The Morgan fingerprint density at radius 3 is 1.39 bits per heavy atom. The van der Waals surface area contributed by atoms with Gasteiger partial charge >= 0.3 is 11.9 Å².